The van der Waals surface area contributed by atoms with Crippen molar-refractivity contribution in [2.24, 2.45) is 11.8 Å². The molecule has 0 aromatic carbocycles. The summed E-state index contributed by atoms with van der Waals surface area (Å²) >= 11 is 0. The molecule has 1 aliphatic heterocycles. The molecule has 3 nitrogen and oxygen atoms in total. The highest BCUT2D eigenvalue weighted by molar-refractivity contribution is 5.92. The van der Waals surface area contributed by atoms with Gasteiger partial charge in [0.25, 0.3) is 0 Å². The first kappa shape index (κ1) is 5.89. The second kappa shape index (κ2) is 1.81. The first-order chi connectivity index (χ1) is 4.79. The van der Waals surface area contributed by atoms with Gasteiger partial charge >= 0.3 is 5.97 Å². The van der Waals surface area contributed by atoms with Crippen LogP contribution in [0.5, 0.6) is 0 Å². The highest BCUT2D eigenvalue weighted by Gasteiger charge is 2.45. The van der Waals surface area contributed by atoms with Gasteiger partial charge < -0.3 is 4.74 Å². The van der Waals surface area contributed by atoms with Crippen molar-refractivity contribution in [1.29, 1.82) is 0 Å². The van der Waals surface area contributed by atoms with Crippen LogP contribution >= 0.6 is 0 Å². The number of Topliss-reactive ketones (excluding diaryl/α,β-unsaturated/α-hetero) is 1. The number of cyclic esters (lactones) is 1. The highest BCUT2D eigenvalue weighted by atomic mass is 16.5. The Morgan fingerprint density at radius 1 is 1.30 bits per heavy atom. The molecule has 1 saturated carbocycles. The molecule has 0 amide bonds. The number of rotatable bonds is 0. The zero-order valence-corrected chi connectivity index (χ0v) is 5.50. The van der Waals surface area contributed by atoms with Crippen molar-refractivity contribution in [3.05, 3.63) is 0 Å². The Bertz CT molecular complexity index is 175. The van der Waals surface area contributed by atoms with Crippen molar-refractivity contribution in [3.63, 3.8) is 0 Å². The van der Waals surface area contributed by atoms with E-state index in [-0.39, 0.29) is 23.6 Å². The number of hydrogen-bond donors (Lipinski definition) is 0. The molecule has 10 heavy (non-hydrogen) atoms. The molecular formula is C7H8O3. The Morgan fingerprint density at radius 2 is 2.10 bits per heavy atom. The first-order valence-corrected chi connectivity index (χ1v) is 3.48. The number of fused-ring (bicyclic) bond motifs is 1. The summed E-state index contributed by atoms with van der Waals surface area (Å²) in [5.41, 5.74) is 0. The van der Waals surface area contributed by atoms with Gasteiger partial charge in [0.2, 0.25) is 0 Å². The Morgan fingerprint density at radius 3 is 2.80 bits per heavy atom. The summed E-state index contributed by atoms with van der Waals surface area (Å²) in [7, 11) is 0. The third kappa shape index (κ3) is 0.602. The zero-order valence-electron chi connectivity index (χ0n) is 5.50. The molecule has 1 heterocycles. The van der Waals surface area contributed by atoms with Crippen molar-refractivity contribution in [2.75, 3.05) is 6.61 Å². The smallest absolute Gasteiger partial charge is 0.309 e. The quantitative estimate of drug-likeness (QED) is 0.449. The number of carbonyl (C=O) groups excluding carboxylic acids is 2. The van der Waals surface area contributed by atoms with Gasteiger partial charge in [0, 0.05) is 6.42 Å². The van der Waals surface area contributed by atoms with E-state index in [4.69, 9.17) is 4.74 Å². The largest absolute Gasteiger partial charge is 0.465 e. The monoisotopic (exact) mass is 140 g/mol. The van der Waals surface area contributed by atoms with Crippen molar-refractivity contribution in [3.8, 4) is 0 Å². The minimum Gasteiger partial charge on any atom is -0.465 e. The summed E-state index contributed by atoms with van der Waals surface area (Å²) in [6, 6.07) is 0. The summed E-state index contributed by atoms with van der Waals surface area (Å²) in [6.07, 6.45) is 1.28. The molecule has 2 rings (SSSR count). The van der Waals surface area contributed by atoms with Crippen molar-refractivity contribution in [1.82, 2.24) is 0 Å². The van der Waals surface area contributed by atoms with Gasteiger partial charge in [-0.25, -0.2) is 0 Å². The van der Waals surface area contributed by atoms with E-state index in [0.29, 0.717) is 19.4 Å². The van der Waals surface area contributed by atoms with E-state index < -0.39 is 0 Å². The van der Waals surface area contributed by atoms with Gasteiger partial charge in [-0.1, -0.05) is 0 Å². The number of ether oxygens (including phenoxy) is 1. The lowest BCUT2D eigenvalue weighted by Crippen LogP contribution is -2.13. The van der Waals surface area contributed by atoms with E-state index in [1.807, 2.05) is 0 Å². The average Bonchev–Trinajstić information content (AvgIpc) is 2.41. The Balaban J connectivity index is 2.24. The summed E-state index contributed by atoms with van der Waals surface area (Å²) < 4.78 is 4.73. The number of esters is 1. The van der Waals surface area contributed by atoms with Crippen LogP contribution in [-0.2, 0) is 14.3 Å². The van der Waals surface area contributed by atoms with E-state index >= 15 is 0 Å². The van der Waals surface area contributed by atoms with Gasteiger partial charge in [-0.15, -0.1) is 0 Å². The SMILES string of the molecule is O=C1CCC2C(=O)OCC12. The maximum atomic E-state index is 11.0. The Kier molecular flexibility index (Phi) is 1.07. The summed E-state index contributed by atoms with van der Waals surface area (Å²) in [5, 5.41) is 0. The molecule has 2 unspecified atom stereocenters. The van der Waals surface area contributed by atoms with Crippen LogP contribution in [0.25, 0.3) is 0 Å². The lowest BCUT2D eigenvalue weighted by Gasteiger charge is -1.96. The lowest BCUT2D eigenvalue weighted by molar-refractivity contribution is -0.141. The van der Waals surface area contributed by atoms with E-state index in [0.717, 1.165) is 0 Å². The number of hydrogen-bond acceptors (Lipinski definition) is 3. The summed E-state index contributed by atoms with van der Waals surface area (Å²) in [5.74, 6) is -0.147. The van der Waals surface area contributed by atoms with Crippen LogP contribution in [-0.4, -0.2) is 18.4 Å². The highest BCUT2D eigenvalue weighted by Crippen LogP contribution is 2.34. The van der Waals surface area contributed by atoms with Crippen LogP contribution in [0, 0.1) is 11.8 Å². The average molecular weight is 140 g/mol. The minimum absolute atomic E-state index is 0.0903. The van der Waals surface area contributed by atoms with E-state index in [1.54, 1.807) is 0 Å². The molecule has 54 valence electrons. The molecule has 1 aliphatic carbocycles. The van der Waals surface area contributed by atoms with Gasteiger partial charge in [-0.05, 0) is 6.42 Å². The Hall–Kier alpha value is -0.860. The molecule has 3 heteroatoms. The van der Waals surface area contributed by atoms with E-state index in [9.17, 15) is 9.59 Å². The van der Waals surface area contributed by atoms with Crippen LogP contribution in [0.1, 0.15) is 12.8 Å². The Labute approximate surface area is 58.4 Å². The molecule has 0 aromatic rings. The fraction of sp³-hybridized carbons (Fsp3) is 0.714. The third-order valence-corrected chi connectivity index (χ3v) is 2.31. The van der Waals surface area contributed by atoms with Gasteiger partial charge in [-0.2, -0.15) is 0 Å². The topological polar surface area (TPSA) is 43.4 Å². The maximum absolute atomic E-state index is 11.0. The fourth-order valence-electron chi connectivity index (χ4n) is 1.68. The fourth-order valence-corrected chi connectivity index (χ4v) is 1.68. The van der Waals surface area contributed by atoms with Crippen molar-refractivity contribution < 1.29 is 14.3 Å². The summed E-state index contributed by atoms with van der Waals surface area (Å²) in [4.78, 5) is 21.8. The number of carbonyl (C=O) groups is 2. The van der Waals surface area contributed by atoms with Crippen molar-refractivity contribution in [2.45, 2.75) is 12.8 Å². The van der Waals surface area contributed by atoms with Gasteiger partial charge in [0.05, 0.1) is 11.8 Å². The van der Waals surface area contributed by atoms with Crippen LogP contribution in [0.15, 0.2) is 0 Å². The molecule has 2 aliphatic rings. The van der Waals surface area contributed by atoms with E-state index in [2.05, 4.69) is 0 Å². The zero-order chi connectivity index (χ0) is 7.14. The minimum atomic E-state index is -0.171. The number of ketones is 1. The standard InChI is InChI=1S/C7H8O3/c8-6-2-1-4-5(6)3-10-7(4)9/h4-5H,1-3H2. The van der Waals surface area contributed by atoms with Gasteiger partial charge in [0.1, 0.15) is 12.4 Å². The normalized spacial score (nSPS) is 38.0. The second-order valence-corrected chi connectivity index (χ2v) is 2.85. The molecule has 0 bridgehead atoms. The van der Waals surface area contributed by atoms with Crippen LogP contribution in [0.4, 0.5) is 0 Å². The molecule has 0 spiro atoms. The molecular weight excluding hydrogens is 132 g/mol. The van der Waals surface area contributed by atoms with Gasteiger partial charge in [0.15, 0.2) is 0 Å². The van der Waals surface area contributed by atoms with Crippen LogP contribution < -0.4 is 0 Å². The lowest BCUT2D eigenvalue weighted by atomic mass is 10.00. The van der Waals surface area contributed by atoms with Gasteiger partial charge in [-0.3, -0.25) is 9.59 Å². The maximum Gasteiger partial charge on any atom is 0.309 e. The molecule has 2 atom stereocenters. The molecule has 0 N–H and O–H groups in total. The predicted molar refractivity (Wildman–Crippen MR) is 32.2 cm³/mol. The van der Waals surface area contributed by atoms with E-state index in [1.165, 1.54) is 0 Å². The van der Waals surface area contributed by atoms with Crippen molar-refractivity contribution >= 4 is 11.8 Å². The predicted octanol–water partition coefficient (Wildman–Crippen LogP) is 0.138. The molecule has 0 radical (unpaired) electrons. The summed E-state index contributed by atoms with van der Waals surface area (Å²) in [6.45, 7) is 0.336. The molecule has 0 aromatic heterocycles. The van der Waals surface area contributed by atoms with Crippen LogP contribution in [0.2, 0.25) is 0 Å². The van der Waals surface area contributed by atoms with Crippen LogP contribution in [0.3, 0.4) is 0 Å². The third-order valence-electron chi connectivity index (χ3n) is 2.31. The molecule has 1 saturated heterocycles. The molecule has 2 fully saturated rings. The first-order valence-electron chi connectivity index (χ1n) is 3.48. The second-order valence-electron chi connectivity index (χ2n) is 2.85.